The van der Waals surface area contributed by atoms with Gasteiger partial charge in [0.2, 0.25) is 5.91 Å². The van der Waals surface area contributed by atoms with Gasteiger partial charge >= 0.3 is 0 Å². The zero-order valence-corrected chi connectivity index (χ0v) is 19.5. The van der Waals surface area contributed by atoms with Crippen molar-refractivity contribution in [1.29, 1.82) is 0 Å². The molecule has 3 saturated heterocycles. The van der Waals surface area contributed by atoms with Crippen LogP contribution in [0.4, 0.5) is 14.5 Å². The number of piperidine rings is 2. The van der Waals surface area contributed by atoms with E-state index in [1.54, 1.807) is 0 Å². The molecule has 0 aliphatic carbocycles. The largest absolute Gasteiger partial charge is 0.339 e. The molecule has 8 heteroatoms. The summed E-state index contributed by atoms with van der Waals surface area (Å²) in [5, 5.41) is 0. The third-order valence-electron chi connectivity index (χ3n) is 7.81. The van der Waals surface area contributed by atoms with E-state index < -0.39 is 11.9 Å². The SMILES string of the molecule is O=C(c1ccc(F)cc1)N1CCC(C2CCN([C@@H]3CC(=O)N(c4ccc(F)cc4)C3=O)CC2)CC1. The molecule has 0 saturated carbocycles. The number of carbonyl (C=O) groups excluding carboxylic acids is 3. The highest BCUT2D eigenvalue weighted by atomic mass is 19.1. The topological polar surface area (TPSA) is 60.9 Å². The van der Waals surface area contributed by atoms with Gasteiger partial charge in [0.05, 0.1) is 18.2 Å². The number of rotatable bonds is 4. The zero-order valence-electron chi connectivity index (χ0n) is 19.5. The smallest absolute Gasteiger partial charge is 0.253 e. The molecule has 3 aliphatic rings. The molecular formula is C27H29F2N3O3. The first-order chi connectivity index (χ1) is 16.9. The van der Waals surface area contributed by atoms with Crippen LogP contribution in [0.25, 0.3) is 0 Å². The lowest BCUT2D eigenvalue weighted by atomic mass is 9.78. The lowest BCUT2D eigenvalue weighted by Gasteiger charge is -2.41. The Morgan fingerprint density at radius 2 is 1.26 bits per heavy atom. The molecule has 0 N–H and O–H groups in total. The van der Waals surface area contributed by atoms with Crippen molar-refractivity contribution < 1.29 is 23.2 Å². The predicted molar refractivity (Wildman–Crippen MR) is 127 cm³/mol. The molecule has 0 bridgehead atoms. The number of benzene rings is 2. The maximum Gasteiger partial charge on any atom is 0.253 e. The Bertz CT molecular complexity index is 1090. The average molecular weight is 482 g/mol. The summed E-state index contributed by atoms with van der Waals surface area (Å²) in [6.45, 7) is 2.92. The monoisotopic (exact) mass is 481 g/mol. The molecule has 3 aliphatic heterocycles. The number of hydrogen-bond donors (Lipinski definition) is 0. The third-order valence-corrected chi connectivity index (χ3v) is 7.81. The molecule has 0 spiro atoms. The van der Waals surface area contributed by atoms with Crippen molar-refractivity contribution in [3.05, 3.63) is 65.7 Å². The molecular weight excluding hydrogens is 452 g/mol. The maximum absolute atomic E-state index is 13.2. The molecule has 0 radical (unpaired) electrons. The van der Waals surface area contributed by atoms with E-state index in [1.807, 2.05) is 4.90 Å². The first kappa shape index (κ1) is 23.6. The Hall–Kier alpha value is -3.13. The van der Waals surface area contributed by atoms with E-state index in [9.17, 15) is 23.2 Å². The van der Waals surface area contributed by atoms with E-state index >= 15 is 0 Å². The van der Waals surface area contributed by atoms with Crippen LogP contribution < -0.4 is 4.90 Å². The maximum atomic E-state index is 13.2. The van der Waals surface area contributed by atoms with Crippen LogP contribution >= 0.6 is 0 Å². The molecule has 35 heavy (non-hydrogen) atoms. The fraction of sp³-hybridized carbons (Fsp3) is 0.444. The highest BCUT2D eigenvalue weighted by molar-refractivity contribution is 6.22. The van der Waals surface area contributed by atoms with Gasteiger partial charge in [0.1, 0.15) is 11.6 Å². The van der Waals surface area contributed by atoms with Crippen LogP contribution in [0.3, 0.4) is 0 Å². The predicted octanol–water partition coefficient (Wildman–Crippen LogP) is 3.86. The van der Waals surface area contributed by atoms with E-state index in [1.165, 1.54) is 53.4 Å². The van der Waals surface area contributed by atoms with Gasteiger partial charge in [-0.1, -0.05) is 0 Å². The van der Waals surface area contributed by atoms with Crippen molar-refractivity contribution in [2.24, 2.45) is 11.8 Å². The van der Waals surface area contributed by atoms with Crippen molar-refractivity contribution in [2.45, 2.75) is 38.1 Å². The van der Waals surface area contributed by atoms with Gasteiger partial charge in [0.25, 0.3) is 11.8 Å². The first-order valence-corrected chi connectivity index (χ1v) is 12.3. The van der Waals surface area contributed by atoms with Gasteiger partial charge in [-0.25, -0.2) is 13.7 Å². The summed E-state index contributed by atoms with van der Waals surface area (Å²) in [5.74, 6) is -0.204. The minimum Gasteiger partial charge on any atom is -0.339 e. The van der Waals surface area contributed by atoms with Crippen LogP contribution in [0.1, 0.15) is 42.5 Å². The normalized spacial score (nSPS) is 22.7. The Balaban J connectivity index is 1.12. The second kappa shape index (κ2) is 9.85. The lowest BCUT2D eigenvalue weighted by Crippen LogP contribution is -2.47. The van der Waals surface area contributed by atoms with Crippen LogP contribution in [0.2, 0.25) is 0 Å². The summed E-state index contributed by atoms with van der Waals surface area (Å²) in [5.41, 5.74) is 0.935. The second-order valence-corrected chi connectivity index (χ2v) is 9.77. The van der Waals surface area contributed by atoms with E-state index in [-0.39, 0.29) is 30.0 Å². The van der Waals surface area contributed by atoms with Crippen molar-refractivity contribution in [3.63, 3.8) is 0 Å². The quantitative estimate of drug-likeness (QED) is 0.623. The molecule has 184 valence electrons. The molecule has 2 aromatic rings. The van der Waals surface area contributed by atoms with Crippen LogP contribution in [0, 0.1) is 23.5 Å². The summed E-state index contributed by atoms with van der Waals surface area (Å²) in [6, 6.07) is 10.7. The van der Waals surface area contributed by atoms with Gasteiger partial charge in [-0.3, -0.25) is 19.3 Å². The minimum absolute atomic E-state index is 0.0478. The van der Waals surface area contributed by atoms with E-state index in [2.05, 4.69) is 4.90 Å². The molecule has 0 aromatic heterocycles. The summed E-state index contributed by atoms with van der Waals surface area (Å²) < 4.78 is 26.4. The molecule has 3 heterocycles. The van der Waals surface area contributed by atoms with Gasteiger partial charge in [0, 0.05) is 18.7 Å². The molecule has 1 atom stereocenters. The third kappa shape index (κ3) is 4.85. The van der Waals surface area contributed by atoms with Gasteiger partial charge in [-0.2, -0.15) is 0 Å². The number of nitrogens with zero attached hydrogens (tertiary/aromatic N) is 3. The first-order valence-electron chi connectivity index (χ1n) is 12.3. The molecule has 2 aromatic carbocycles. The fourth-order valence-electron chi connectivity index (χ4n) is 5.81. The number of amides is 3. The molecule has 0 unspecified atom stereocenters. The minimum atomic E-state index is -0.455. The standard InChI is InChI=1S/C27H29F2N3O3/c28-21-3-1-20(2-4-21)26(34)31-15-11-19(12-16-31)18-9-13-30(14-10-18)24-17-25(33)32(27(24)35)23-7-5-22(29)6-8-23/h1-8,18-19,24H,9-17H2/t24-/m1/s1. The molecule has 5 rings (SSSR count). The van der Waals surface area contributed by atoms with E-state index in [0.29, 0.717) is 36.2 Å². The number of anilines is 1. The molecule has 3 amide bonds. The number of likely N-dealkylation sites (tertiary alicyclic amines) is 2. The van der Waals surface area contributed by atoms with Gasteiger partial charge in [-0.05, 0) is 99.1 Å². The molecule has 6 nitrogen and oxygen atoms in total. The number of hydrogen-bond acceptors (Lipinski definition) is 4. The highest BCUT2D eigenvalue weighted by Crippen LogP contribution is 2.35. The molecule has 3 fully saturated rings. The zero-order chi connectivity index (χ0) is 24.5. The Morgan fingerprint density at radius 3 is 1.83 bits per heavy atom. The van der Waals surface area contributed by atoms with Crippen LogP contribution in [-0.4, -0.2) is 59.7 Å². The van der Waals surface area contributed by atoms with Gasteiger partial charge in [0.15, 0.2) is 0 Å². The number of carbonyl (C=O) groups is 3. The van der Waals surface area contributed by atoms with Crippen molar-refractivity contribution in [2.75, 3.05) is 31.1 Å². The number of imide groups is 1. The van der Waals surface area contributed by atoms with Crippen LogP contribution in [-0.2, 0) is 9.59 Å². The Labute approximate surface area is 203 Å². The average Bonchev–Trinajstić information content (AvgIpc) is 3.18. The fourth-order valence-corrected chi connectivity index (χ4v) is 5.81. The van der Waals surface area contributed by atoms with Crippen LogP contribution in [0.15, 0.2) is 48.5 Å². The summed E-state index contributed by atoms with van der Waals surface area (Å²) >= 11 is 0. The summed E-state index contributed by atoms with van der Waals surface area (Å²) in [4.78, 5) is 43.5. The lowest BCUT2D eigenvalue weighted by molar-refractivity contribution is -0.123. The second-order valence-electron chi connectivity index (χ2n) is 9.77. The summed E-state index contributed by atoms with van der Waals surface area (Å²) in [6.07, 6.45) is 3.97. The number of halogens is 2. The van der Waals surface area contributed by atoms with Gasteiger partial charge < -0.3 is 4.90 Å². The van der Waals surface area contributed by atoms with Crippen molar-refractivity contribution >= 4 is 23.4 Å². The Kier molecular flexibility index (Phi) is 6.65. The Morgan fingerprint density at radius 1 is 0.743 bits per heavy atom. The summed E-state index contributed by atoms with van der Waals surface area (Å²) in [7, 11) is 0. The van der Waals surface area contributed by atoms with Crippen molar-refractivity contribution in [1.82, 2.24) is 9.80 Å². The highest BCUT2D eigenvalue weighted by Gasteiger charge is 2.44. The van der Waals surface area contributed by atoms with Crippen LogP contribution in [0.5, 0.6) is 0 Å². The van der Waals surface area contributed by atoms with E-state index in [0.717, 1.165) is 38.8 Å². The van der Waals surface area contributed by atoms with E-state index in [4.69, 9.17) is 0 Å². The van der Waals surface area contributed by atoms with Crippen molar-refractivity contribution in [3.8, 4) is 0 Å². The van der Waals surface area contributed by atoms with Gasteiger partial charge in [-0.15, -0.1) is 0 Å².